The number of methoxy groups -OCH3 is 1. The molecular weight excluding hydrogens is 777 g/mol. The molecule has 304 valence electrons. The molecule has 0 saturated heterocycles. The SMILES string of the molecule is COc1c(C)cc(C)c(N=c2ccc3c(-c4ccccc4S(=O)(=O)O)c4ccc(Nc5c(C)c(OC6CCC(C)CC6)c(C)c(S(=O)(=O)O)c5C)cc4oc-3c2)c1C. The van der Waals surface area contributed by atoms with Crippen LogP contribution in [-0.2, 0) is 20.2 Å². The summed E-state index contributed by atoms with van der Waals surface area (Å²) >= 11 is 0. The fraction of sp³-hybridized carbons (Fsp3) is 0.311. The number of rotatable bonds is 9. The molecule has 0 unspecified atom stereocenters. The topological polar surface area (TPSA) is 165 Å². The fourth-order valence-electron chi connectivity index (χ4n) is 8.57. The lowest BCUT2D eigenvalue weighted by Crippen LogP contribution is -2.24. The molecule has 0 amide bonds. The number of hydrogen-bond donors (Lipinski definition) is 3. The largest absolute Gasteiger partial charge is 0.496 e. The van der Waals surface area contributed by atoms with Crippen molar-refractivity contribution in [3.05, 3.63) is 105 Å². The molecule has 58 heavy (non-hydrogen) atoms. The Kier molecular flexibility index (Phi) is 11.0. The van der Waals surface area contributed by atoms with Crippen molar-refractivity contribution < 1.29 is 39.8 Å². The minimum atomic E-state index is -4.64. The molecule has 11 nitrogen and oxygen atoms in total. The van der Waals surface area contributed by atoms with Crippen molar-refractivity contribution in [1.29, 1.82) is 0 Å². The highest BCUT2D eigenvalue weighted by atomic mass is 32.2. The Bertz CT molecular complexity index is 2870. The molecule has 4 aromatic rings. The van der Waals surface area contributed by atoms with E-state index in [1.54, 1.807) is 63.4 Å². The summed E-state index contributed by atoms with van der Waals surface area (Å²) in [6, 6.07) is 19.0. The average molecular weight is 825 g/mol. The van der Waals surface area contributed by atoms with Crippen LogP contribution in [0.2, 0.25) is 0 Å². The molecule has 1 saturated carbocycles. The summed E-state index contributed by atoms with van der Waals surface area (Å²) in [6.45, 7) is 13.3. The van der Waals surface area contributed by atoms with Gasteiger partial charge >= 0.3 is 0 Å². The second-order valence-corrected chi connectivity index (χ2v) is 18.2. The van der Waals surface area contributed by atoms with Gasteiger partial charge in [0.1, 0.15) is 32.6 Å². The Morgan fingerprint density at radius 2 is 1.45 bits per heavy atom. The first kappa shape index (κ1) is 41.0. The zero-order valence-corrected chi connectivity index (χ0v) is 35.5. The van der Waals surface area contributed by atoms with Crippen molar-refractivity contribution in [2.75, 3.05) is 12.4 Å². The summed E-state index contributed by atoms with van der Waals surface area (Å²) in [6.07, 6.45) is 3.61. The van der Waals surface area contributed by atoms with E-state index in [0.29, 0.717) is 72.9 Å². The Labute approximate surface area is 339 Å². The van der Waals surface area contributed by atoms with E-state index >= 15 is 0 Å². The standard InChI is InChI=1S/C45H48N2O9S2/c1-24-13-17-33(18-14-24)55-44-28(5)42(29(6)45(30(44)7)58(51,52)53)47-32-16-20-35-38(23-32)56-37-22-31(46-41-25(2)21-26(3)43(54-8)27(41)4)15-19-34(37)40(35)36-11-9-10-12-39(36)57(48,49)50/h9-12,15-16,19-24,33,47H,13-14,17-18H2,1-8H3,(H,48,49,50)(H,51,52,53). The third-order valence-corrected chi connectivity index (χ3v) is 13.4. The van der Waals surface area contributed by atoms with Gasteiger partial charge in [0, 0.05) is 62.3 Å². The van der Waals surface area contributed by atoms with Gasteiger partial charge in [-0.2, -0.15) is 16.8 Å². The van der Waals surface area contributed by atoms with Gasteiger partial charge in [0.2, 0.25) is 0 Å². The second-order valence-electron chi connectivity index (χ2n) is 15.5. The van der Waals surface area contributed by atoms with E-state index in [4.69, 9.17) is 18.9 Å². The van der Waals surface area contributed by atoms with Crippen LogP contribution in [0.25, 0.3) is 33.4 Å². The van der Waals surface area contributed by atoms with Crippen LogP contribution in [0.5, 0.6) is 11.5 Å². The van der Waals surface area contributed by atoms with Gasteiger partial charge in [-0.25, -0.2) is 4.99 Å². The van der Waals surface area contributed by atoms with Crippen LogP contribution in [0.4, 0.5) is 17.1 Å². The molecule has 0 radical (unpaired) electrons. The van der Waals surface area contributed by atoms with Gasteiger partial charge < -0.3 is 19.2 Å². The Balaban J connectivity index is 1.44. The van der Waals surface area contributed by atoms with Gasteiger partial charge in [-0.05, 0) is 120 Å². The third kappa shape index (κ3) is 7.71. The highest BCUT2D eigenvalue weighted by molar-refractivity contribution is 7.86. The second kappa shape index (κ2) is 15.5. The Morgan fingerprint density at radius 3 is 2.12 bits per heavy atom. The summed E-state index contributed by atoms with van der Waals surface area (Å²) in [5.74, 6) is 2.15. The van der Waals surface area contributed by atoms with Crippen molar-refractivity contribution in [3.8, 4) is 33.9 Å². The van der Waals surface area contributed by atoms with Gasteiger partial charge in [0.15, 0.2) is 0 Å². The maximum atomic E-state index is 12.9. The third-order valence-electron chi connectivity index (χ3n) is 11.3. The molecule has 0 spiro atoms. The predicted molar refractivity (Wildman–Crippen MR) is 226 cm³/mol. The summed E-state index contributed by atoms with van der Waals surface area (Å²) in [4.78, 5) is 4.51. The molecule has 2 aliphatic carbocycles. The van der Waals surface area contributed by atoms with Crippen LogP contribution < -0.4 is 20.1 Å². The summed E-state index contributed by atoms with van der Waals surface area (Å²) < 4.78 is 90.8. The summed E-state index contributed by atoms with van der Waals surface area (Å²) in [7, 11) is -7.65. The van der Waals surface area contributed by atoms with Crippen molar-refractivity contribution in [3.63, 3.8) is 0 Å². The zero-order valence-electron chi connectivity index (χ0n) is 33.8. The minimum absolute atomic E-state index is 0.0901. The van der Waals surface area contributed by atoms with Crippen LogP contribution in [0.15, 0.2) is 85.9 Å². The molecule has 1 heterocycles. The zero-order chi connectivity index (χ0) is 41.8. The number of aryl methyl sites for hydroxylation is 2. The number of benzene rings is 5. The fourth-order valence-corrected chi connectivity index (χ4v) is 10.2. The highest BCUT2D eigenvalue weighted by Gasteiger charge is 2.29. The molecule has 7 rings (SSSR count). The number of ether oxygens (including phenoxy) is 2. The van der Waals surface area contributed by atoms with Gasteiger partial charge in [-0.1, -0.05) is 31.2 Å². The summed E-state index contributed by atoms with van der Waals surface area (Å²) in [5, 5.41) is 4.53. The van der Waals surface area contributed by atoms with E-state index in [2.05, 4.69) is 12.2 Å². The molecule has 13 heteroatoms. The smallest absolute Gasteiger partial charge is 0.295 e. The van der Waals surface area contributed by atoms with Crippen molar-refractivity contribution in [2.45, 2.75) is 90.0 Å². The molecule has 0 aromatic heterocycles. The minimum Gasteiger partial charge on any atom is -0.496 e. The van der Waals surface area contributed by atoms with E-state index < -0.39 is 20.2 Å². The van der Waals surface area contributed by atoms with E-state index in [9.17, 15) is 25.9 Å². The first-order chi connectivity index (χ1) is 27.4. The lowest BCUT2D eigenvalue weighted by atomic mass is 9.89. The number of anilines is 2. The highest BCUT2D eigenvalue weighted by Crippen LogP contribution is 2.45. The van der Waals surface area contributed by atoms with Crippen LogP contribution >= 0.6 is 0 Å². The molecule has 1 aliphatic heterocycles. The van der Waals surface area contributed by atoms with E-state index in [1.165, 1.54) is 6.07 Å². The first-order valence-electron chi connectivity index (χ1n) is 19.2. The van der Waals surface area contributed by atoms with Gasteiger partial charge in [-0.15, -0.1) is 0 Å². The molecule has 0 atom stereocenters. The Morgan fingerprint density at radius 1 is 0.741 bits per heavy atom. The van der Waals surface area contributed by atoms with Gasteiger partial charge in [0.05, 0.1) is 24.3 Å². The molecule has 1 fully saturated rings. The monoisotopic (exact) mass is 824 g/mol. The van der Waals surface area contributed by atoms with Crippen LogP contribution in [0.3, 0.4) is 0 Å². The quantitative estimate of drug-likeness (QED) is 0.0944. The van der Waals surface area contributed by atoms with E-state index in [0.717, 1.165) is 53.8 Å². The number of hydrogen-bond acceptors (Lipinski definition) is 9. The lowest BCUT2D eigenvalue weighted by molar-refractivity contribution is 0.133. The van der Waals surface area contributed by atoms with Crippen molar-refractivity contribution in [2.24, 2.45) is 10.9 Å². The van der Waals surface area contributed by atoms with Crippen LogP contribution in [0.1, 0.15) is 66.0 Å². The van der Waals surface area contributed by atoms with Crippen molar-refractivity contribution in [1.82, 2.24) is 0 Å². The number of nitrogens with one attached hydrogen (secondary N) is 1. The maximum Gasteiger partial charge on any atom is 0.295 e. The molecule has 0 bridgehead atoms. The van der Waals surface area contributed by atoms with E-state index in [1.807, 2.05) is 45.9 Å². The molecule has 3 aliphatic rings. The van der Waals surface area contributed by atoms with E-state index in [-0.39, 0.29) is 21.5 Å². The maximum absolute atomic E-state index is 12.9. The number of fused-ring (bicyclic) bond motifs is 2. The average Bonchev–Trinajstić information content (AvgIpc) is 3.15. The number of nitrogens with zero attached hydrogens (tertiary/aromatic N) is 1. The first-order valence-corrected chi connectivity index (χ1v) is 22.1. The normalized spacial score (nSPS) is 16.6. The van der Waals surface area contributed by atoms with Crippen LogP contribution in [0, 0.1) is 47.5 Å². The Hall–Kier alpha value is -5.21. The predicted octanol–water partition coefficient (Wildman–Crippen LogP) is 10.5. The van der Waals surface area contributed by atoms with Gasteiger partial charge in [0.25, 0.3) is 20.2 Å². The van der Waals surface area contributed by atoms with Gasteiger partial charge in [-0.3, -0.25) is 9.11 Å². The molecule has 3 N–H and O–H groups in total. The molecular formula is C45H48N2O9S2. The van der Waals surface area contributed by atoms with Crippen molar-refractivity contribution >= 4 is 48.3 Å². The summed E-state index contributed by atoms with van der Waals surface area (Å²) in [5.41, 5.74) is 7.67. The van der Waals surface area contributed by atoms with Crippen LogP contribution in [-0.4, -0.2) is 39.2 Å². The molecule has 4 aromatic carbocycles. The lowest BCUT2D eigenvalue weighted by Gasteiger charge is -2.30.